The van der Waals surface area contributed by atoms with E-state index >= 15 is 0 Å². The van der Waals surface area contributed by atoms with Gasteiger partial charge < -0.3 is 10.6 Å². The van der Waals surface area contributed by atoms with Crippen LogP contribution < -0.4 is 5.73 Å². The molecule has 20 heavy (non-hydrogen) atoms. The quantitative estimate of drug-likeness (QED) is 0.835. The summed E-state index contributed by atoms with van der Waals surface area (Å²) >= 11 is 0. The normalized spacial score (nSPS) is 19.0. The van der Waals surface area contributed by atoms with Crippen molar-refractivity contribution in [3.05, 3.63) is 35.6 Å². The van der Waals surface area contributed by atoms with Gasteiger partial charge in [-0.25, -0.2) is 4.39 Å². The Kier molecular flexibility index (Phi) is 5.55. The molecule has 1 aromatic rings. The van der Waals surface area contributed by atoms with E-state index < -0.39 is 0 Å². The minimum atomic E-state index is -0.168. The zero-order valence-corrected chi connectivity index (χ0v) is 12.6. The van der Waals surface area contributed by atoms with E-state index in [1.54, 1.807) is 0 Å². The van der Waals surface area contributed by atoms with Gasteiger partial charge in [-0.3, -0.25) is 0 Å². The second kappa shape index (κ2) is 7.19. The van der Waals surface area contributed by atoms with Gasteiger partial charge in [-0.05, 0) is 49.5 Å². The molecule has 0 heterocycles. The van der Waals surface area contributed by atoms with Crippen molar-refractivity contribution in [3.8, 4) is 0 Å². The van der Waals surface area contributed by atoms with Crippen LogP contribution in [0.5, 0.6) is 0 Å². The fourth-order valence-electron chi connectivity index (χ4n) is 3.44. The summed E-state index contributed by atoms with van der Waals surface area (Å²) in [5.74, 6) is -0.168. The number of hydrogen-bond donors (Lipinski definition) is 1. The fraction of sp³-hybridized carbons (Fsp3) is 0.647. The molecule has 3 heteroatoms. The van der Waals surface area contributed by atoms with Crippen LogP contribution >= 0.6 is 0 Å². The topological polar surface area (TPSA) is 29.3 Å². The van der Waals surface area contributed by atoms with Crippen molar-refractivity contribution in [1.29, 1.82) is 0 Å². The third kappa shape index (κ3) is 4.29. The first kappa shape index (κ1) is 15.5. The Labute approximate surface area is 122 Å². The van der Waals surface area contributed by atoms with Gasteiger partial charge in [-0.1, -0.05) is 37.8 Å². The number of benzene rings is 1. The van der Waals surface area contributed by atoms with Crippen LogP contribution in [0, 0.1) is 11.2 Å². The van der Waals surface area contributed by atoms with Gasteiger partial charge in [0.2, 0.25) is 0 Å². The highest BCUT2D eigenvalue weighted by molar-refractivity contribution is 5.15. The van der Waals surface area contributed by atoms with E-state index in [2.05, 4.69) is 11.9 Å². The predicted molar refractivity (Wildman–Crippen MR) is 81.9 cm³/mol. The second-order valence-corrected chi connectivity index (χ2v) is 6.42. The lowest BCUT2D eigenvalue weighted by molar-refractivity contribution is 0.153. The van der Waals surface area contributed by atoms with Gasteiger partial charge in [0.15, 0.2) is 0 Å². The van der Waals surface area contributed by atoms with Crippen molar-refractivity contribution in [2.24, 2.45) is 11.1 Å². The van der Waals surface area contributed by atoms with Crippen LogP contribution in [0.3, 0.4) is 0 Å². The molecule has 0 amide bonds. The molecule has 1 saturated carbocycles. The van der Waals surface area contributed by atoms with Gasteiger partial charge in [-0.2, -0.15) is 0 Å². The molecule has 1 fully saturated rings. The largest absolute Gasteiger partial charge is 0.330 e. The van der Waals surface area contributed by atoms with E-state index in [4.69, 9.17) is 5.73 Å². The first-order valence-electron chi connectivity index (χ1n) is 7.77. The van der Waals surface area contributed by atoms with Gasteiger partial charge in [0.05, 0.1) is 0 Å². The molecule has 112 valence electrons. The molecule has 0 radical (unpaired) electrons. The summed E-state index contributed by atoms with van der Waals surface area (Å²) in [5, 5.41) is 0. The molecule has 1 aromatic carbocycles. The van der Waals surface area contributed by atoms with Crippen molar-refractivity contribution in [1.82, 2.24) is 4.90 Å². The van der Waals surface area contributed by atoms with Crippen LogP contribution in [0.2, 0.25) is 0 Å². The summed E-state index contributed by atoms with van der Waals surface area (Å²) in [7, 11) is 2.14. The third-order valence-electron chi connectivity index (χ3n) is 4.57. The Morgan fingerprint density at radius 2 is 1.70 bits per heavy atom. The Morgan fingerprint density at radius 3 is 2.25 bits per heavy atom. The molecular weight excluding hydrogens is 251 g/mol. The first-order valence-corrected chi connectivity index (χ1v) is 7.77. The van der Waals surface area contributed by atoms with Crippen molar-refractivity contribution < 1.29 is 4.39 Å². The lowest BCUT2D eigenvalue weighted by Crippen LogP contribution is -2.40. The molecule has 0 bridgehead atoms. The molecule has 0 saturated heterocycles. The highest BCUT2D eigenvalue weighted by atomic mass is 19.1. The van der Waals surface area contributed by atoms with E-state index in [1.165, 1.54) is 50.7 Å². The maximum atomic E-state index is 12.9. The Morgan fingerprint density at radius 1 is 1.10 bits per heavy atom. The minimum absolute atomic E-state index is 0.168. The lowest BCUT2D eigenvalue weighted by atomic mass is 9.80. The lowest BCUT2D eigenvalue weighted by Gasteiger charge is -2.35. The van der Waals surface area contributed by atoms with E-state index in [0.717, 1.165) is 25.2 Å². The van der Waals surface area contributed by atoms with Crippen molar-refractivity contribution >= 4 is 0 Å². The summed E-state index contributed by atoms with van der Waals surface area (Å²) < 4.78 is 12.9. The van der Waals surface area contributed by atoms with Crippen LogP contribution in [0.25, 0.3) is 0 Å². The number of nitrogens with zero attached hydrogens (tertiary/aromatic N) is 1. The van der Waals surface area contributed by atoms with Crippen LogP contribution in [0.4, 0.5) is 4.39 Å². The summed E-state index contributed by atoms with van der Waals surface area (Å²) in [6, 6.07) is 6.81. The maximum absolute atomic E-state index is 12.9. The summed E-state index contributed by atoms with van der Waals surface area (Å²) in [5.41, 5.74) is 7.54. The maximum Gasteiger partial charge on any atom is 0.123 e. The monoisotopic (exact) mass is 278 g/mol. The highest BCUT2D eigenvalue weighted by Crippen LogP contribution is 2.35. The van der Waals surface area contributed by atoms with Crippen LogP contribution in [-0.4, -0.2) is 25.0 Å². The van der Waals surface area contributed by atoms with Gasteiger partial charge in [-0.15, -0.1) is 0 Å². The van der Waals surface area contributed by atoms with Crippen molar-refractivity contribution in [3.63, 3.8) is 0 Å². The molecule has 1 aliphatic carbocycles. The first-order chi connectivity index (χ1) is 9.63. The smallest absolute Gasteiger partial charge is 0.123 e. The Balaban J connectivity index is 1.94. The molecule has 0 atom stereocenters. The summed E-state index contributed by atoms with van der Waals surface area (Å²) in [6.07, 6.45) is 7.81. The Hall–Kier alpha value is -0.930. The van der Waals surface area contributed by atoms with E-state index in [9.17, 15) is 4.39 Å². The minimum Gasteiger partial charge on any atom is -0.330 e. The predicted octanol–water partition coefficient (Wildman–Crippen LogP) is 3.56. The third-order valence-corrected chi connectivity index (χ3v) is 4.57. The van der Waals surface area contributed by atoms with Gasteiger partial charge in [0, 0.05) is 13.1 Å². The van der Waals surface area contributed by atoms with Crippen molar-refractivity contribution in [2.45, 2.75) is 45.1 Å². The van der Waals surface area contributed by atoms with Crippen LogP contribution in [0.1, 0.15) is 44.1 Å². The molecule has 1 aliphatic rings. The van der Waals surface area contributed by atoms with Crippen LogP contribution in [0.15, 0.2) is 24.3 Å². The van der Waals surface area contributed by atoms with Gasteiger partial charge in [0.1, 0.15) is 5.82 Å². The SMILES string of the molecule is CN(Cc1ccc(F)cc1)CC1(CN)CCCCCC1. The summed E-state index contributed by atoms with van der Waals surface area (Å²) in [6.45, 7) is 2.68. The van der Waals surface area contributed by atoms with Crippen LogP contribution in [-0.2, 0) is 6.54 Å². The molecule has 0 aliphatic heterocycles. The molecule has 0 unspecified atom stereocenters. The zero-order valence-electron chi connectivity index (χ0n) is 12.6. The Bertz CT molecular complexity index is 394. The number of nitrogens with two attached hydrogens (primary N) is 1. The number of hydrogen-bond acceptors (Lipinski definition) is 2. The second-order valence-electron chi connectivity index (χ2n) is 6.42. The van der Waals surface area contributed by atoms with Gasteiger partial charge in [0.25, 0.3) is 0 Å². The van der Waals surface area contributed by atoms with E-state index in [0.29, 0.717) is 0 Å². The zero-order chi connectivity index (χ0) is 14.4. The molecule has 2 rings (SSSR count). The average molecular weight is 278 g/mol. The molecule has 0 aromatic heterocycles. The number of halogens is 1. The molecule has 2 N–H and O–H groups in total. The average Bonchev–Trinajstić information content (AvgIpc) is 2.67. The highest BCUT2D eigenvalue weighted by Gasteiger charge is 2.30. The standard InChI is InChI=1S/C17H27FN2/c1-20(12-15-6-8-16(18)9-7-15)14-17(13-19)10-4-2-3-5-11-17/h6-9H,2-5,10-14,19H2,1H3. The van der Waals surface area contributed by atoms with Gasteiger partial charge >= 0.3 is 0 Å². The molecular formula is C17H27FN2. The molecule has 0 spiro atoms. The van der Waals surface area contributed by atoms with E-state index in [1.807, 2.05) is 12.1 Å². The van der Waals surface area contributed by atoms with Crippen molar-refractivity contribution in [2.75, 3.05) is 20.1 Å². The summed E-state index contributed by atoms with van der Waals surface area (Å²) in [4.78, 5) is 2.34. The molecule has 2 nitrogen and oxygen atoms in total. The number of rotatable bonds is 5. The fourth-order valence-corrected chi connectivity index (χ4v) is 3.44. The van der Waals surface area contributed by atoms with E-state index in [-0.39, 0.29) is 11.2 Å².